The number of hydrogen-bond acceptors (Lipinski definition) is 5. The summed E-state index contributed by atoms with van der Waals surface area (Å²) in [4.78, 5) is 18.8. The molecular formula is C12H15N3O2S. The number of carbonyl (C=O) groups excluding carboxylic acids is 1. The summed E-state index contributed by atoms with van der Waals surface area (Å²) in [5.41, 5.74) is 0.633. The van der Waals surface area contributed by atoms with Crippen molar-refractivity contribution < 1.29 is 9.90 Å². The van der Waals surface area contributed by atoms with Gasteiger partial charge in [0.25, 0.3) is 0 Å². The van der Waals surface area contributed by atoms with Crippen LogP contribution in [0.1, 0.15) is 23.3 Å². The predicted molar refractivity (Wildman–Crippen MR) is 70.5 cm³/mol. The van der Waals surface area contributed by atoms with Gasteiger partial charge < -0.3 is 10.0 Å². The molecule has 96 valence electrons. The lowest BCUT2D eigenvalue weighted by Crippen LogP contribution is -2.35. The van der Waals surface area contributed by atoms with E-state index in [4.69, 9.17) is 5.11 Å². The second-order valence-corrected chi connectivity index (χ2v) is 5.48. The molecule has 3 rings (SSSR count). The number of hydrogen-bond donors (Lipinski definition) is 1. The summed E-state index contributed by atoms with van der Waals surface area (Å²) in [6, 6.07) is 0. The Morgan fingerprint density at radius 1 is 1.50 bits per heavy atom. The largest absolute Gasteiger partial charge is 0.396 e. The van der Waals surface area contributed by atoms with Gasteiger partial charge in [-0.3, -0.25) is 9.20 Å². The zero-order valence-electron chi connectivity index (χ0n) is 9.95. The van der Waals surface area contributed by atoms with Crippen LogP contribution in [0.15, 0.2) is 11.6 Å². The van der Waals surface area contributed by atoms with Gasteiger partial charge in [-0.1, -0.05) is 0 Å². The number of aldehydes is 1. The van der Waals surface area contributed by atoms with Crippen molar-refractivity contribution in [1.82, 2.24) is 9.38 Å². The third-order valence-electron chi connectivity index (χ3n) is 3.56. The highest BCUT2D eigenvalue weighted by molar-refractivity contribution is 7.15. The molecule has 0 unspecified atom stereocenters. The van der Waals surface area contributed by atoms with Gasteiger partial charge >= 0.3 is 0 Å². The Kier molecular flexibility index (Phi) is 3.05. The average Bonchev–Trinajstić information content (AvgIpc) is 2.98. The smallest absolute Gasteiger partial charge is 0.196 e. The van der Waals surface area contributed by atoms with E-state index in [-0.39, 0.29) is 6.61 Å². The van der Waals surface area contributed by atoms with Crippen molar-refractivity contribution in [1.29, 1.82) is 0 Å². The molecule has 0 amide bonds. The van der Waals surface area contributed by atoms with Crippen molar-refractivity contribution >= 4 is 28.4 Å². The second kappa shape index (κ2) is 4.70. The first kappa shape index (κ1) is 11.7. The number of aliphatic hydroxyl groups excluding tert-OH is 1. The lowest BCUT2D eigenvalue weighted by Gasteiger charge is -2.31. The average molecular weight is 265 g/mol. The van der Waals surface area contributed by atoms with Crippen molar-refractivity contribution in [2.45, 2.75) is 12.8 Å². The van der Waals surface area contributed by atoms with Crippen molar-refractivity contribution in [3.05, 3.63) is 17.3 Å². The standard InChI is InChI=1S/C12H15N3O2S/c16-7-9-1-3-14(4-2-9)11-10(8-17)15-5-6-18-12(15)13-11/h5-6,8-9,16H,1-4,7H2. The first-order valence-electron chi connectivity index (χ1n) is 6.10. The fraction of sp³-hybridized carbons (Fsp3) is 0.500. The summed E-state index contributed by atoms with van der Waals surface area (Å²) in [6.07, 6.45) is 4.67. The minimum absolute atomic E-state index is 0.257. The normalized spacial score (nSPS) is 17.5. The third kappa shape index (κ3) is 1.81. The highest BCUT2D eigenvalue weighted by Crippen LogP contribution is 2.27. The SMILES string of the molecule is O=Cc1c(N2CCC(CO)CC2)nc2sccn12. The zero-order valence-corrected chi connectivity index (χ0v) is 10.8. The Balaban J connectivity index is 1.90. The number of thiazole rings is 1. The van der Waals surface area contributed by atoms with Gasteiger partial charge in [-0.15, -0.1) is 11.3 Å². The molecule has 0 atom stereocenters. The van der Waals surface area contributed by atoms with Gasteiger partial charge in [0.2, 0.25) is 0 Å². The van der Waals surface area contributed by atoms with Crippen LogP contribution in [0.4, 0.5) is 5.82 Å². The van der Waals surface area contributed by atoms with Gasteiger partial charge in [-0.2, -0.15) is 0 Å². The number of aliphatic hydroxyl groups is 1. The number of imidazole rings is 1. The molecule has 1 N–H and O–H groups in total. The number of nitrogens with zero attached hydrogens (tertiary/aromatic N) is 3. The van der Waals surface area contributed by atoms with E-state index in [1.54, 1.807) is 0 Å². The molecule has 0 radical (unpaired) electrons. The van der Waals surface area contributed by atoms with Crippen molar-refractivity contribution in [2.75, 3.05) is 24.6 Å². The topological polar surface area (TPSA) is 57.8 Å². The quantitative estimate of drug-likeness (QED) is 0.853. The number of aromatic nitrogens is 2. The molecule has 6 heteroatoms. The molecule has 0 aromatic carbocycles. The van der Waals surface area contributed by atoms with E-state index in [0.29, 0.717) is 11.6 Å². The minimum Gasteiger partial charge on any atom is -0.396 e. The predicted octanol–water partition coefficient (Wildman–Crippen LogP) is 1.42. The molecule has 1 saturated heterocycles. The third-order valence-corrected chi connectivity index (χ3v) is 4.32. The Morgan fingerprint density at radius 2 is 2.28 bits per heavy atom. The van der Waals surface area contributed by atoms with Crippen LogP contribution in [0.25, 0.3) is 4.96 Å². The van der Waals surface area contributed by atoms with Gasteiger partial charge in [-0.05, 0) is 18.8 Å². The van der Waals surface area contributed by atoms with E-state index in [0.717, 1.165) is 43.0 Å². The maximum atomic E-state index is 11.2. The lowest BCUT2D eigenvalue weighted by atomic mass is 9.98. The zero-order chi connectivity index (χ0) is 12.5. The van der Waals surface area contributed by atoms with E-state index >= 15 is 0 Å². The highest BCUT2D eigenvalue weighted by Gasteiger charge is 2.23. The van der Waals surface area contributed by atoms with E-state index in [1.807, 2.05) is 16.0 Å². The number of carbonyl (C=O) groups is 1. The molecule has 3 heterocycles. The Labute approximate surface area is 109 Å². The van der Waals surface area contributed by atoms with E-state index < -0.39 is 0 Å². The Morgan fingerprint density at radius 3 is 2.94 bits per heavy atom. The van der Waals surface area contributed by atoms with Crippen molar-refractivity contribution in [2.24, 2.45) is 5.92 Å². The summed E-state index contributed by atoms with van der Waals surface area (Å²) < 4.78 is 1.84. The van der Waals surface area contributed by atoms with Crippen LogP contribution in [0, 0.1) is 5.92 Å². The molecule has 1 aliphatic heterocycles. The Hall–Kier alpha value is -1.40. The molecule has 5 nitrogen and oxygen atoms in total. The van der Waals surface area contributed by atoms with Crippen LogP contribution in [-0.2, 0) is 0 Å². The first-order valence-corrected chi connectivity index (χ1v) is 6.98. The maximum Gasteiger partial charge on any atom is 0.196 e. The number of piperidine rings is 1. The maximum absolute atomic E-state index is 11.2. The molecule has 0 saturated carbocycles. The van der Waals surface area contributed by atoms with Gasteiger partial charge in [0.1, 0.15) is 5.69 Å². The fourth-order valence-corrected chi connectivity index (χ4v) is 3.18. The summed E-state index contributed by atoms with van der Waals surface area (Å²) in [5.74, 6) is 1.18. The molecular weight excluding hydrogens is 250 g/mol. The molecule has 2 aromatic rings. The lowest BCUT2D eigenvalue weighted by molar-refractivity contribution is 0.111. The van der Waals surface area contributed by atoms with Crippen LogP contribution in [-0.4, -0.2) is 40.5 Å². The molecule has 1 aliphatic rings. The summed E-state index contributed by atoms with van der Waals surface area (Å²) >= 11 is 1.53. The number of rotatable bonds is 3. The van der Waals surface area contributed by atoms with Crippen LogP contribution in [0.3, 0.4) is 0 Å². The second-order valence-electron chi connectivity index (χ2n) is 4.61. The van der Waals surface area contributed by atoms with Crippen LogP contribution in [0.2, 0.25) is 0 Å². The molecule has 0 aliphatic carbocycles. The van der Waals surface area contributed by atoms with Crippen molar-refractivity contribution in [3.63, 3.8) is 0 Å². The van der Waals surface area contributed by atoms with Crippen LogP contribution < -0.4 is 4.90 Å². The molecule has 0 bridgehead atoms. The van der Waals surface area contributed by atoms with E-state index in [1.165, 1.54) is 11.3 Å². The van der Waals surface area contributed by atoms with Gasteiger partial charge in [0.05, 0.1) is 0 Å². The number of fused-ring (bicyclic) bond motifs is 1. The molecule has 0 spiro atoms. The van der Waals surface area contributed by atoms with Gasteiger partial charge in [-0.25, -0.2) is 4.98 Å². The fourth-order valence-electron chi connectivity index (χ4n) is 2.46. The van der Waals surface area contributed by atoms with E-state index in [9.17, 15) is 4.79 Å². The summed E-state index contributed by atoms with van der Waals surface area (Å²) in [7, 11) is 0. The van der Waals surface area contributed by atoms with E-state index in [2.05, 4.69) is 9.88 Å². The summed E-state index contributed by atoms with van der Waals surface area (Å²) in [5, 5.41) is 11.1. The van der Waals surface area contributed by atoms with Gasteiger partial charge in [0.15, 0.2) is 17.1 Å². The molecule has 2 aromatic heterocycles. The number of anilines is 1. The van der Waals surface area contributed by atoms with Crippen molar-refractivity contribution in [3.8, 4) is 0 Å². The van der Waals surface area contributed by atoms with Crippen LogP contribution >= 0.6 is 11.3 Å². The minimum atomic E-state index is 0.257. The van der Waals surface area contributed by atoms with Gasteiger partial charge in [0, 0.05) is 31.3 Å². The first-order chi connectivity index (χ1) is 8.83. The summed E-state index contributed by atoms with van der Waals surface area (Å²) in [6.45, 7) is 1.97. The molecule has 1 fully saturated rings. The molecule has 18 heavy (non-hydrogen) atoms. The Bertz CT molecular complexity index is 555. The highest BCUT2D eigenvalue weighted by atomic mass is 32.1. The van der Waals surface area contributed by atoms with Crippen LogP contribution in [0.5, 0.6) is 0 Å². The monoisotopic (exact) mass is 265 g/mol.